The van der Waals surface area contributed by atoms with Crippen LogP contribution >= 0.6 is 11.8 Å². The van der Waals surface area contributed by atoms with Crippen LogP contribution in [0.25, 0.3) is 0 Å². The summed E-state index contributed by atoms with van der Waals surface area (Å²) in [5.74, 6) is -0.0488. The van der Waals surface area contributed by atoms with Gasteiger partial charge in [-0.1, -0.05) is 13.5 Å². The Morgan fingerprint density at radius 2 is 1.91 bits per heavy atom. The van der Waals surface area contributed by atoms with E-state index in [4.69, 9.17) is 9.47 Å². The second-order valence-corrected chi connectivity index (χ2v) is 6.19. The quantitative estimate of drug-likeness (QED) is 0.353. The molecule has 0 aliphatic carbocycles. The van der Waals surface area contributed by atoms with Gasteiger partial charge in [0.25, 0.3) is 0 Å². The van der Waals surface area contributed by atoms with Crippen molar-refractivity contribution in [1.29, 1.82) is 0 Å². The number of rotatable bonds is 10. The molecule has 0 rings (SSSR count). The lowest BCUT2D eigenvalue weighted by atomic mass is 10.4. The van der Waals surface area contributed by atoms with Crippen molar-refractivity contribution in [2.75, 3.05) is 32.1 Å². The van der Waals surface area contributed by atoms with Crippen molar-refractivity contribution >= 4 is 29.7 Å². The molecule has 126 valence electrons. The molecule has 0 aromatic carbocycles. The van der Waals surface area contributed by atoms with Gasteiger partial charge in [-0.2, -0.15) is 11.8 Å². The zero-order valence-electron chi connectivity index (χ0n) is 13.3. The van der Waals surface area contributed by atoms with Crippen LogP contribution in [0.4, 0.5) is 4.79 Å². The van der Waals surface area contributed by atoms with Gasteiger partial charge >= 0.3 is 18.0 Å². The number of nitrogens with one attached hydrogen (secondary N) is 2. The molecule has 2 amide bonds. The van der Waals surface area contributed by atoms with Gasteiger partial charge in [0, 0.05) is 10.8 Å². The lowest BCUT2D eigenvalue weighted by molar-refractivity contribution is -0.142. The van der Waals surface area contributed by atoms with E-state index in [2.05, 4.69) is 17.2 Å². The Morgan fingerprint density at radius 1 is 1.23 bits per heavy atom. The minimum absolute atomic E-state index is 0.0370. The van der Waals surface area contributed by atoms with Crippen molar-refractivity contribution < 1.29 is 23.9 Å². The van der Waals surface area contributed by atoms with Crippen molar-refractivity contribution in [1.82, 2.24) is 10.6 Å². The van der Waals surface area contributed by atoms with Gasteiger partial charge in [-0.3, -0.25) is 4.79 Å². The smallest absolute Gasteiger partial charge is 0.333 e. The lowest BCUT2D eigenvalue weighted by Crippen LogP contribution is -2.40. The molecule has 0 aliphatic heterocycles. The number of hydrogen-bond acceptors (Lipinski definition) is 6. The highest BCUT2D eigenvalue weighted by molar-refractivity contribution is 7.99. The van der Waals surface area contributed by atoms with Gasteiger partial charge in [-0.15, -0.1) is 0 Å². The van der Waals surface area contributed by atoms with E-state index in [9.17, 15) is 14.4 Å². The Hall–Kier alpha value is -1.70. The average Bonchev–Trinajstić information content (AvgIpc) is 2.47. The summed E-state index contributed by atoms with van der Waals surface area (Å²) in [4.78, 5) is 33.8. The topological polar surface area (TPSA) is 93.7 Å². The third-order valence-electron chi connectivity index (χ3n) is 2.29. The first-order valence-corrected chi connectivity index (χ1v) is 8.03. The number of carbonyl (C=O) groups excluding carboxylic acids is 3. The molecule has 7 nitrogen and oxygen atoms in total. The summed E-state index contributed by atoms with van der Waals surface area (Å²) in [6.45, 7) is 9.25. The summed E-state index contributed by atoms with van der Waals surface area (Å²) >= 11 is 1.69. The number of urea groups is 1. The van der Waals surface area contributed by atoms with Gasteiger partial charge in [0.1, 0.15) is 19.8 Å². The largest absolute Gasteiger partial charge is 0.463 e. The Bertz CT molecular complexity index is 401. The van der Waals surface area contributed by atoms with E-state index < -0.39 is 18.0 Å². The minimum atomic E-state index is -0.528. The van der Waals surface area contributed by atoms with E-state index >= 15 is 0 Å². The van der Waals surface area contributed by atoms with Crippen LogP contribution < -0.4 is 10.6 Å². The highest BCUT2D eigenvalue weighted by atomic mass is 32.2. The highest BCUT2D eigenvalue weighted by Gasteiger charge is 2.09. The molecule has 0 spiro atoms. The van der Waals surface area contributed by atoms with Crippen LogP contribution in [0.2, 0.25) is 0 Å². The molecule has 0 aromatic rings. The monoisotopic (exact) mass is 332 g/mol. The first kappa shape index (κ1) is 20.3. The van der Waals surface area contributed by atoms with Crippen molar-refractivity contribution in [3.05, 3.63) is 12.2 Å². The zero-order valence-corrected chi connectivity index (χ0v) is 14.1. The first-order chi connectivity index (χ1) is 10.4. The third-order valence-corrected chi connectivity index (χ3v) is 3.33. The van der Waals surface area contributed by atoms with E-state index in [1.165, 1.54) is 6.92 Å². The fourth-order valence-corrected chi connectivity index (χ4v) is 1.97. The van der Waals surface area contributed by atoms with Crippen LogP contribution in [0.1, 0.15) is 20.8 Å². The maximum atomic E-state index is 11.4. The van der Waals surface area contributed by atoms with E-state index in [0.717, 1.165) is 5.75 Å². The van der Waals surface area contributed by atoms with Crippen LogP contribution in [0, 0.1) is 0 Å². The SMILES string of the molecule is C=C(C)C(=O)OCCNC(=O)NCC(=O)OCC(C)SCC. The zero-order chi connectivity index (χ0) is 17.0. The minimum Gasteiger partial charge on any atom is -0.463 e. The summed E-state index contributed by atoms with van der Waals surface area (Å²) in [7, 11) is 0. The number of carbonyl (C=O) groups is 3. The number of esters is 2. The molecule has 0 fully saturated rings. The molecule has 8 heteroatoms. The molecule has 0 bridgehead atoms. The normalized spacial score (nSPS) is 11.2. The molecule has 0 saturated carbocycles. The Labute approximate surface area is 135 Å². The van der Waals surface area contributed by atoms with Crippen LogP contribution in [0.15, 0.2) is 12.2 Å². The molecule has 0 heterocycles. The van der Waals surface area contributed by atoms with Crippen LogP contribution in [-0.2, 0) is 19.1 Å². The Kier molecular flexibility index (Phi) is 11.0. The predicted molar refractivity (Wildman–Crippen MR) is 85.7 cm³/mol. The second kappa shape index (κ2) is 11.9. The molecule has 0 aliphatic rings. The van der Waals surface area contributed by atoms with Crippen molar-refractivity contribution in [2.24, 2.45) is 0 Å². The Morgan fingerprint density at radius 3 is 2.50 bits per heavy atom. The number of ether oxygens (including phenoxy) is 2. The van der Waals surface area contributed by atoms with Gasteiger partial charge in [0.2, 0.25) is 0 Å². The van der Waals surface area contributed by atoms with Gasteiger partial charge in [0.15, 0.2) is 0 Å². The Balaban J connectivity index is 3.66. The molecule has 22 heavy (non-hydrogen) atoms. The molecule has 2 N–H and O–H groups in total. The van der Waals surface area contributed by atoms with Gasteiger partial charge < -0.3 is 20.1 Å². The van der Waals surface area contributed by atoms with Crippen LogP contribution in [0.5, 0.6) is 0 Å². The molecule has 1 unspecified atom stereocenters. The van der Waals surface area contributed by atoms with Crippen LogP contribution in [-0.4, -0.2) is 55.3 Å². The maximum Gasteiger partial charge on any atom is 0.333 e. The summed E-state index contributed by atoms with van der Waals surface area (Å²) in [6, 6.07) is -0.528. The van der Waals surface area contributed by atoms with E-state index in [-0.39, 0.29) is 24.9 Å². The van der Waals surface area contributed by atoms with E-state index in [1.807, 2.05) is 13.8 Å². The summed E-state index contributed by atoms with van der Waals surface area (Å²) in [6.07, 6.45) is 0. The second-order valence-electron chi connectivity index (χ2n) is 4.47. The average molecular weight is 332 g/mol. The fourth-order valence-electron chi connectivity index (χ4n) is 1.24. The molecule has 0 aromatic heterocycles. The standard InChI is InChI=1S/C14H24N2O5S/c1-5-22-11(4)9-21-12(17)8-16-14(19)15-6-7-20-13(18)10(2)3/h11H,2,5-9H2,1,3-4H3,(H2,15,16,19). The van der Waals surface area contributed by atoms with E-state index in [0.29, 0.717) is 12.2 Å². The number of amides is 2. The molecule has 0 radical (unpaired) electrons. The highest BCUT2D eigenvalue weighted by Crippen LogP contribution is 2.09. The maximum absolute atomic E-state index is 11.4. The van der Waals surface area contributed by atoms with Crippen molar-refractivity contribution in [3.63, 3.8) is 0 Å². The van der Waals surface area contributed by atoms with Crippen molar-refractivity contribution in [2.45, 2.75) is 26.0 Å². The fraction of sp³-hybridized carbons (Fsp3) is 0.643. The third kappa shape index (κ3) is 11.0. The van der Waals surface area contributed by atoms with Gasteiger partial charge in [-0.25, -0.2) is 9.59 Å². The predicted octanol–water partition coefficient (Wildman–Crippen LogP) is 1.09. The van der Waals surface area contributed by atoms with Crippen molar-refractivity contribution in [3.8, 4) is 0 Å². The van der Waals surface area contributed by atoms with Crippen LogP contribution in [0.3, 0.4) is 0 Å². The number of thioether (sulfide) groups is 1. The summed E-state index contributed by atoms with van der Waals surface area (Å²) in [5, 5.41) is 5.04. The number of hydrogen-bond donors (Lipinski definition) is 2. The molecular formula is C14H24N2O5S. The van der Waals surface area contributed by atoms with Gasteiger partial charge in [0.05, 0.1) is 6.54 Å². The van der Waals surface area contributed by atoms with Gasteiger partial charge in [-0.05, 0) is 19.6 Å². The summed E-state index contributed by atoms with van der Waals surface area (Å²) < 4.78 is 9.80. The molecular weight excluding hydrogens is 308 g/mol. The summed E-state index contributed by atoms with van der Waals surface area (Å²) in [5.41, 5.74) is 0.294. The lowest BCUT2D eigenvalue weighted by Gasteiger charge is -2.11. The molecule has 0 saturated heterocycles. The first-order valence-electron chi connectivity index (χ1n) is 6.98. The van der Waals surface area contributed by atoms with E-state index in [1.54, 1.807) is 11.8 Å². The molecule has 1 atom stereocenters.